The Morgan fingerprint density at radius 3 is 2.63 bits per heavy atom. The molecular weight excluding hydrogens is 244 g/mol. The summed E-state index contributed by atoms with van der Waals surface area (Å²) in [5, 5.41) is 0. The van der Waals surface area contributed by atoms with Crippen molar-refractivity contribution in [2.24, 2.45) is 5.92 Å². The van der Waals surface area contributed by atoms with Crippen LogP contribution in [0.25, 0.3) is 0 Å². The van der Waals surface area contributed by atoms with E-state index >= 15 is 0 Å². The van der Waals surface area contributed by atoms with Crippen molar-refractivity contribution in [3.63, 3.8) is 0 Å². The number of imide groups is 1. The number of fused-ring (bicyclic) bond motifs is 1. The van der Waals surface area contributed by atoms with Crippen molar-refractivity contribution >= 4 is 17.8 Å². The van der Waals surface area contributed by atoms with E-state index in [0.717, 1.165) is 17.9 Å². The topological polar surface area (TPSA) is 69.3 Å². The fourth-order valence-corrected chi connectivity index (χ4v) is 2.15. The highest BCUT2D eigenvalue weighted by molar-refractivity contribution is 6.05. The van der Waals surface area contributed by atoms with Gasteiger partial charge in [-0.25, -0.2) is 9.78 Å². The van der Waals surface area contributed by atoms with Crippen molar-refractivity contribution < 1.29 is 9.59 Å². The number of carbonyl (C=O) groups excluding carboxylic acids is 2. The number of aromatic amines is 1. The van der Waals surface area contributed by atoms with E-state index in [1.807, 2.05) is 20.8 Å². The van der Waals surface area contributed by atoms with Crippen LogP contribution < -0.4 is 4.90 Å². The predicted octanol–water partition coefficient (Wildman–Crippen LogP) is 1.57. The number of H-pyrrole nitrogens is 1. The maximum Gasteiger partial charge on any atom is 0.332 e. The number of nitrogens with zero attached hydrogens (tertiary/aromatic N) is 3. The molecule has 1 aliphatic heterocycles. The van der Waals surface area contributed by atoms with E-state index in [1.165, 1.54) is 11.9 Å². The lowest BCUT2D eigenvalue weighted by Gasteiger charge is -2.24. The van der Waals surface area contributed by atoms with E-state index in [2.05, 4.69) is 9.97 Å². The second kappa shape index (κ2) is 5.03. The lowest BCUT2D eigenvalue weighted by molar-refractivity contribution is -0.126. The largest absolute Gasteiger partial charge is 0.344 e. The zero-order valence-electron chi connectivity index (χ0n) is 11.9. The van der Waals surface area contributed by atoms with Crippen LogP contribution in [0.15, 0.2) is 0 Å². The molecule has 0 aliphatic carbocycles. The van der Waals surface area contributed by atoms with Crippen LogP contribution in [0.3, 0.4) is 0 Å². The monoisotopic (exact) mass is 264 g/mol. The number of likely N-dealkylation sites (N-methyl/N-ethyl adjacent to an activating group) is 1. The molecule has 19 heavy (non-hydrogen) atoms. The van der Waals surface area contributed by atoms with Crippen LogP contribution in [-0.2, 0) is 17.6 Å². The Hall–Kier alpha value is -1.85. The summed E-state index contributed by atoms with van der Waals surface area (Å²) < 4.78 is 0. The van der Waals surface area contributed by atoms with Crippen molar-refractivity contribution in [2.45, 2.75) is 33.6 Å². The maximum atomic E-state index is 12.3. The Balaban J connectivity index is 2.46. The first-order valence-electron chi connectivity index (χ1n) is 6.59. The summed E-state index contributed by atoms with van der Waals surface area (Å²) in [5.41, 5.74) is 0.736. The normalized spacial score (nSPS) is 16.1. The first kappa shape index (κ1) is 13.6. The summed E-state index contributed by atoms with van der Waals surface area (Å²) >= 11 is 0. The number of rotatable bonds is 3. The van der Waals surface area contributed by atoms with Gasteiger partial charge >= 0.3 is 6.03 Å². The second-order valence-electron chi connectivity index (χ2n) is 5.26. The summed E-state index contributed by atoms with van der Waals surface area (Å²) in [6.07, 6.45) is 0.944. The molecule has 1 aromatic rings. The number of urea groups is 1. The van der Waals surface area contributed by atoms with Crippen molar-refractivity contribution in [3.8, 4) is 0 Å². The zero-order valence-corrected chi connectivity index (χ0v) is 11.9. The van der Waals surface area contributed by atoms with Gasteiger partial charge in [-0.05, 0) is 5.92 Å². The number of aromatic nitrogens is 2. The van der Waals surface area contributed by atoms with Gasteiger partial charge in [-0.1, -0.05) is 20.8 Å². The number of amides is 3. The summed E-state index contributed by atoms with van der Waals surface area (Å²) in [5.74, 6) is 1.51. The number of hydrogen-bond acceptors (Lipinski definition) is 3. The van der Waals surface area contributed by atoms with E-state index in [9.17, 15) is 9.59 Å². The Morgan fingerprint density at radius 2 is 2.05 bits per heavy atom. The Morgan fingerprint density at radius 1 is 1.37 bits per heavy atom. The van der Waals surface area contributed by atoms with Crippen molar-refractivity contribution in [2.75, 3.05) is 18.5 Å². The minimum Gasteiger partial charge on any atom is -0.344 e. The van der Waals surface area contributed by atoms with E-state index in [4.69, 9.17) is 0 Å². The second-order valence-corrected chi connectivity index (χ2v) is 5.26. The molecule has 0 atom stereocenters. The summed E-state index contributed by atoms with van der Waals surface area (Å²) in [4.78, 5) is 34.6. The summed E-state index contributed by atoms with van der Waals surface area (Å²) in [6.45, 7) is 6.61. The fourth-order valence-electron chi connectivity index (χ4n) is 2.15. The Labute approximate surface area is 112 Å². The van der Waals surface area contributed by atoms with E-state index in [0.29, 0.717) is 18.3 Å². The minimum absolute atomic E-state index is 0.194. The predicted molar refractivity (Wildman–Crippen MR) is 72.0 cm³/mol. The third kappa shape index (κ3) is 2.47. The highest BCUT2D eigenvalue weighted by Gasteiger charge is 2.33. The molecule has 1 aliphatic rings. The van der Waals surface area contributed by atoms with Crippen molar-refractivity contribution in [1.82, 2.24) is 14.9 Å². The van der Waals surface area contributed by atoms with Crippen LogP contribution in [0, 0.1) is 5.92 Å². The van der Waals surface area contributed by atoms with Crippen molar-refractivity contribution in [3.05, 3.63) is 11.5 Å². The number of nitrogens with one attached hydrogen (secondary N) is 1. The summed E-state index contributed by atoms with van der Waals surface area (Å²) in [7, 11) is 1.52. The standard InChI is InChI=1S/C13H20N4O2/c1-5-10-14-9-6-11(18)16(4)13(19)17(7-8(2)3)12(9)15-10/h8H,5-7H2,1-4H3,(H,14,15). The maximum absolute atomic E-state index is 12.3. The van der Waals surface area contributed by atoms with Gasteiger partial charge in [0.2, 0.25) is 5.91 Å². The molecule has 1 N–H and O–H groups in total. The van der Waals surface area contributed by atoms with E-state index in [-0.39, 0.29) is 18.4 Å². The van der Waals surface area contributed by atoms with Crippen LogP contribution in [0.5, 0.6) is 0 Å². The summed E-state index contributed by atoms with van der Waals surface area (Å²) in [6, 6.07) is -0.299. The molecule has 0 saturated carbocycles. The van der Waals surface area contributed by atoms with Gasteiger partial charge in [-0.15, -0.1) is 0 Å². The van der Waals surface area contributed by atoms with Gasteiger partial charge in [-0.2, -0.15) is 0 Å². The first-order valence-corrected chi connectivity index (χ1v) is 6.59. The van der Waals surface area contributed by atoms with E-state index in [1.54, 1.807) is 4.90 Å². The molecular formula is C13H20N4O2. The van der Waals surface area contributed by atoms with E-state index < -0.39 is 0 Å². The van der Waals surface area contributed by atoms with Gasteiger partial charge in [-0.3, -0.25) is 14.6 Å². The van der Waals surface area contributed by atoms with Gasteiger partial charge in [0, 0.05) is 20.0 Å². The fraction of sp³-hybridized carbons (Fsp3) is 0.615. The highest BCUT2D eigenvalue weighted by atomic mass is 16.2. The van der Waals surface area contributed by atoms with Gasteiger partial charge in [0.25, 0.3) is 0 Å². The molecule has 0 radical (unpaired) electrons. The molecule has 2 heterocycles. The number of imidazole rings is 1. The van der Waals surface area contributed by atoms with Crippen LogP contribution in [0.4, 0.5) is 10.6 Å². The van der Waals surface area contributed by atoms with Gasteiger partial charge in [0.05, 0.1) is 12.1 Å². The van der Waals surface area contributed by atoms with Crippen molar-refractivity contribution in [1.29, 1.82) is 0 Å². The third-order valence-corrected chi connectivity index (χ3v) is 3.16. The molecule has 3 amide bonds. The SMILES string of the molecule is CCc1nc2c([nH]1)CC(=O)N(C)C(=O)N2CC(C)C. The van der Waals surface area contributed by atoms with Gasteiger partial charge in [0.1, 0.15) is 5.82 Å². The molecule has 6 nitrogen and oxygen atoms in total. The molecule has 104 valence electrons. The average molecular weight is 264 g/mol. The molecule has 0 spiro atoms. The molecule has 0 saturated heterocycles. The minimum atomic E-state index is -0.299. The Bertz CT molecular complexity index is 507. The number of hydrogen-bond donors (Lipinski definition) is 1. The van der Waals surface area contributed by atoms with Crippen LogP contribution in [0.1, 0.15) is 32.3 Å². The quantitative estimate of drug-likeness (QED) is 0.901. The molecule has 2 rings (SSSR count). The Kier molecular flexibility index (Phi) is 3.59. The third-order valence-electron chi connectivity index (χ3n) is 3.16. The number of aryl methyl sites for hydroxylation is 1. The smallest absolute Gasteiger partial charge is 0.332 e. The molecule has 1 aromatic heterocycles. The number of carbonyl (C=O) groups is 2. The first-order chi connectivity index (χ1) is 8.93. The lowest BCUT2D eigenvalue weighted by atomic mass is 10.2. The molecule has 0 bridgehead atoms. The molecule has 0 unspecified atom stereocenters. The average Bonchev–Trinajstić information content (AvgIpc) is 2.73. The van der Waals surface area contributed by atoms with Gasteiger partial charge in [0.15, 0.2) is 5.82 Å². The number of anilines is 1. The van der Waals surface area contributed by atoms with Crippen LogP contribution in [-0.4, -0.2) is 40.4 Å². The highest BCUT2D eigenvalue weighted by Crippen LogP contribution is 2.25. The molecule has 0 fully saturated rings. The molecule has 0 aromatic carbocycles. The van der Waals surface area contributed by atoms with Crippen LogP contribution >= 0.6 is 0 Å². The zero-order chi connectivity index (χ0) is 14.2. The van der Waals surface area contributed by atoms with Crippen LogP contribution in [0.2, 0.25) is 0 Å². The lowest BCUT2D eigenvalue weighted by Crippen LogP contribution is -2.44. The molecule has 6 heteroatoms. The van der Waals surface area contributed by atoms with Gasteiger partial charge < -0.3 is 4.98 Å².